The molecular formula is C13H28N2O. The molecule has 1 aliphatic rings. The second-order valence-corrected chi connectivity index (χ2v) is 5.31. The Morgan fingerprint density at radius 3 is 2.50 bits per heavy atom. The average Bonchev–Trinajstić information content (AvgIpc) is 3.11. The van der Waals surface area contributed by atoms with E-state index in [4.69, 9.17) is 5.73 Å². The molecule has 1 aliphatic carbocycles. The molecule has 16 heavy (non-hydrogen) atoms. The molecule has 1 atom stereocenters. The molecule has 3 nitrogen and oxygen atoms in total. The summed E-state index contributed by atoms with van der Waals surface area (Å²) in [4.78, 5) is 2.52. The molecule has 0 spiro atoms. The second-order valence-electron chi connectivity index (χ2n) is 5.31. The summed E-state index contributed by atoms with van der Waals surface area (Å²) in [7, 11) is 0. The lowest BCUT2D eigenvalue weighted by Crippen LogP contribution is -2.43. The van der Waals surface area contributed by atoms with Gasteiger partial charge in [-0.3, -0.25) is 0 Å². The molecule has 0 bridgehead atoms. The third-order valence-corrected chi connectivity index (χ3v) is 3.83. The number of hydrogen-bond donors (Lipinski definition) is 2. The molecule has 0 aliphatic heterocycles. The van der Waals surface area contributed by atoms with Gasteiger partial charge in [0.1, 0.15) is 0 Å². The van der Waals surface area contributed by atoms with Gasteiger partial charge in [-0.2, -0.15) is 0 Å². The minimum atomic E-state index is -0.348. The molecule has 1 saturated carbocycles. The van der Waals surface area contributed by atoms with Crippen LogP contribution in [-0.4, -0.2) is 41.8 Å². The van der Waals surface area contributed by atoms with Gasteiger partial charge in [-0.25, -0.2) is 0 Å². The van der Waals surface area contributed by atoms with Crippen molar-refractivity contribution in [2.75, 3.05) is 26.2 Å². The first-order valence-electron chi connectivity index (χ1n) is 6.75. The van der Waals surface area contributed by atoms with Gasteiger partial charge >= 0.3 is 0 Å². The minimum absolute atomic E-state index is 0.109. The van der Waals surface area contributed by atoms with Gasteiger partial charge in [0, 0.05) is 12.1 Å². The summed E-state index contributed by atoms with van der Waals surface area (Å²) >= 11 is 0. The van der Waals surface area contributed by atoms with Crippen LogP contribution >= 0.6 is 0 Å². The van der Waals surface area contributed by atoms with E-state index in [0.29, 0.717) is 0 Å². The van der Waals surface area contributed by atoms with E-state index in [9.17, 15) is 5.11 Å². The summed E-state index contributed by atoms with van der Waals surface area (Å²) < 4.78 is 0. The number of hydrogen-bond acceptors (Lipinski definition) is 3. The maximum Gasteiger partial charge on any atom is 0.0611 e. The smallest absolute Gasteiger partial charge is 0.0611 e. The van der Waals surface area contributed by atoms with E-state index in [1.807, 2.05) is 0 Å². The summed E-state index contributed by atoms with van der Waals surface area (Å²) in [5.74, 6) is 0.964. The molecule has 1 fully saturated rings. The van der Waals surface area contributed by atoms with Crippen molar-refractivity contribution in [3.8, 4) is 0 Å². The van der Waals surface area contributed by atoms with E-state index < -0.39 is 0 Å². The molecular weight excluding hydrogens is 200 g/mol. The molecule has 96 valence electrons. The van der Waals surface area contributed by atoms with E-state index in [-0.39, 0.29) is 12.1 Å². The molecule has 0 radical (unpaired) electrons. The van der Waals surface area contributed by atoms with Crippen molar-refractivity contribution in [3.05, 3.63) is 0 Å². The van der Waals surface area contributed by atoms with Crippen molar-refractivity contribution in [1.29, 1.82) is 0 Å². The number of rotatable bonds is 9. The third kappa shape index (κ3) is 4.81. The predicted octanol–water partition coefficient (Wildman–Crippen LogP) is 1.60. The fourth-order valence-electron chi connectivity index (χ4n) is 2.07. The Morgan fingerprint density at radius 1 is 1.38 bits per heavy atom. The zero-order chi connectivity index (χ0) is 12.0. The molecule has 0 aromatic carbocycles. The first-order chi connectivity index (χ1) is 7.63. The zero-order valence-corrected chi connectivity index (χ0v) is 10.9. The van der Waals surface area contributed by atoms with Crippen LogP contribution in [0.25, 0.3) is 0 Å². The van der Waals surface area contributed by atoms with Gasteiger partial charge in [0.25, 0.3) is 0 Å². The van der Waals surface area contributed by atoms with Crippen LogP contribution in [0.4, 0.5) is 0 Å². The average molecular weight is 228 g/mol. The monoisotopic (exact) mass is 228 g/mol. The summed E-state index contributed by atoms with van der Waals surface area (Å²) in [5, 5.41) is 9.22. The predicted molar refractivity (Wildman–Crippen MR) is 68.4 cm³/mol. The highest BCUT2D eigenvalue weighted by molar-refractivity contribution is 4.82. The Labute approximate surface area is 100 Å². The molecule has 1 unspecified atom stereocenters. The molecule has 0 aromatic heterocycles. The Bertz CT molecular complexity index is 188. The van der Waals surface area contributed by atoms with E-state index in [1.54, 1.807) is 0 Å². The maximum absolute atomic E-state index is 9.22. The van der Waals surface area contributed by atoms with Crippen molar-refractivity contribution in [1.82, 2.24) is 4.90 Å². The van der Waals surface area contributed by atoms with Crippen molar-refractivity contribution in [2.24, 2.45) is 11.7 Å². The largest absolute Gasteiger partial charge is 0.394 e. The molecule has 3 heteroatoms. The highest BCUT2D eigenvalue weighted by Gasteiger charge is 2.24. The molecule has 3 N–H and O–H groups in total. The highest BCUT2D eigenvalue weighted by atomic mass is 16.3. The quantitative estimate of drug-likeness (QED) is 0.630. The summed E-state index contributed by atoms with van der Waals surface area (Å²) in [6.07, 6.45) is 5.73. The summed E-state index contributed by atoms with van der Waals surface area (Å²) in [5.41, 5.74) is 5.72. The van der Waals surface area contributed by atoms with E-state index in [0.717, 1.165) is 38.3 Å². The van der Waals surface area contributed by atoms with Crippen molar-refractivity contribution in [3.63, 3.8) is 0 Å². The Morgan fingerprint density at radius 2 is 2.06 bits per heavy atom. The van der Waals surface area contributed by atoms with Gasteiger partial charge in [-0.05, 0) is 51.1 Å². The van der Waals surface area contributed by atoms with Crippen LogP contribution < -0.4 is 5.73 Å². The van der Waals surface area contributed by atoms with Crippen LogP contribution in [0.3, 0.4) is 0 Å². The lowest BCUT2D eigenvalue weighted by molar-refractivity contribution is 0.171. The molecule has 0 heterocycles. The van der Waals surface area contributed by atoms with Crippen molar-refractivity contribution < 1.29 is 5.11 Å². The zero-order valence-electron chi connectivity index (χ0n) is 10.9. The maximum atomic E-state index is 9.22. The van der Waals surface area contributed by atoms with E-state index in [1.165, 1.54) is 19.4 Å². The normalized spacial score (nSPS) is 20.1. The minimum Gasteiger partial charge on any atom is -0.394 e. The van der Waals surface area contributed by atoms with Gasteiger partial charge < -0.3 is 15.7 Å². The lowest BCUT2D eigenvalue weighted by atomic mass is 9.92. The Hall–Kier alpha value is -0.120. The van der Waals surface area contributed by atoms with Crippen LogP contribution in [0.2, 0.25) is 0 Å². The fraction of sp³-hybridized carbons (Fsp3) is 1.00. The molecule has 0 saturated heterocycles. The van der Waals surface area contributed by atoms with Gasteiger partial charge in [0.05, 0.1) is 6.61 Å². The first kappa shape index (κ1) is 13.9. The number of aliphatic hydroxyl groups is 1. The van der Waals surface area contributed by atoms with Gasteiger partial charge in [0.2, 0.25) is 0 Å². The van der Waals surface area contributed by atoms with Crippen LogP contribution in [-0.2, 0) is 0 Å². The second kappa shape index (κ2) is 6.58. The standard InChI is InChI=1S/C13H28N2O/c1-3-13(14,11-16)8-5-9-15(4-2)10-12-6-7-12/h12,16H,3-11,14H2,1-2H3. The molecule has 0 aromatic rings. The van der Waals surface area contributed by atoms with Crippen LogP contribution in [0.15, 0.2) is 0 Å². The van der Waals surface area contributed by atoms with Crippen LogP contribution in [0.5, 0.6) is 0 Å². The fourth-order valence-corrected chi connectivity index (χ4v) is 2.07. The van der Waals surface area contributed by atoms with Gasteiger partial charge in [0.15, 0.2) is 0 Å². The first-order valence-corrected chi connectivity index (χ1v) is 6.75. The van der Waals surface area contributed by atoms with Crippen LogP contribution in [0, 0.1) is 5.92 Å². The van der Waals surface area contributed by atoms with Crippen molar-refractivity contribution >= 4 is 0 Å². The van der Waals surface area contributed by atoms with E-state index >= 15 is 0 Å². The topological polar surface area (TPSA) is 49.5 Å². The molecule has 0 amide bonds. The number of aliphatic hydroxyl groups excluding tert-OH is 1. The Balaban J connectivity index is 2.15. The highest BCUT2D eigenvalue weighted by Crippen LogP contribution is 2.29. The lowest BCUT2D eigenvalue weighted by Gasteiger charge is -2.27. The number of nitrogens with two attached hydrogens (primary N) is 1. The SMILES string of the molecule is CCN(CCCC(N)(CC)CO)CC1CC1. The summed E-state index contributed by atoms with van der Waals surface area (Å²) in [6, 6.07) is 0. The Kier molecular flexibility index (Phi) is 5.73. The van der Waals surface area contributed by atoms with Crippen LogP contribution in [0.1, 0.15) is 46.0 Å². The van der Waals surface area contributed by atoms with Gasteiger partial charge in [-0.15, -0.1) is 0 Å². The van der Waals surface area contributed by atoms with Gasteiger partial charge in [-0.1, -0.05) is 13.8 Å². The van der Waals surface area contributed by atoms with Crippen molar-refractivity contribution in [2.45, 2.75) is 51.5 Å². The van der Waals surface area contributed by atoms with E-state index in [2.05, 4.69) is 18.7 Å². The third-order valence-electron chi connectivity index (χ3n) is 3.83. The summed E-state index contributed by atoms with van der Waals surface area (Å²) in [6.45, 7) is 7.92. The molecule has 1 rings (SSSR count). The number of nitrogens with zero attached hydrogens (tertiary/aromatic N) is 1.